The highest BCUT2D eigenvalue weighted by atomic mass is 32.2. The van der Waals surface area contributed by atoms with E-state index in [1.54, 1.807) is 43.0 Å². The lowest BCUT2D eigenvalue weighted by molar-refractivity contribution is -0.136. The smallest absolute Gasteiger partial charge is 0.328 e. The molecule has 5 rings (SSSR count). The Balaban J connectivity index is 1.46. The minimum Gasteiger partial charge on any atom is -0.348 e. The summed E-state index contributed by atoms with van der Waals surface area (Å²) in [6.45, 7) is 2.60. The topological polar surface area (TPSA) is 89.6 Å². The van der Waals surface area contributed by atoms with Gasteiger partial charge in [-0.15, -0.1) is 11.8 Å². The number of aryl methyl sites for hydroxylation is 1. The second-order valence-corrected chi connectivity index (χ2v) is 12.1. The summed E-state index contributed by atoms with van der Waals surface area (Å²) in [5, 5.41) is 2.01. The van der Waals surface area contributed by atoms with Crippen molar-refractivity contribution in [1.82, 2.24) is 24.7 Å². The zero-order valence-corrected chi connectivity index (χ0v) is 23.4. The summed E-state index contributed by atoms with van der Waals surface area (Å²) in [6.07, 6.45) is 7.62. The highest BCUT2D eigenvalue weighted by molar-refractivity contribution is 8.00. The highest BCUT2D eigenvalue weighted by Crippen LogP contribution is 2.41. The van der Waals surface area contributed by atoms with Gasteiger partial charge >= 0.3 is 6.03 Å². The van der Waals surface area contributed by atoms with Crippen LogP contribution in [0.15, 0.2) is 55.0 Å². The molecule has 2 unspecified atom stereocenters. The van der Waals surface area contributed by atoms with Crippen LogP contribution in [0.25, 0.3) is 10.8 Å². The highest BCUT2D eigenvalue weighted by Gasteiger charge is 2.56. The van der Waals surface area contributed by atoms with E-state index >= 15 is 0 Å². The Morgan fingerprint density at radius 2 is 2.03 bits per heavy atom. The summed E-state index contributed by atoms with van der Waals surface area (Å²) in [5.41, 5.74) is 0.409. The molecule has 1 aromatic heterocycles. The molecule has 1 N–H and O–H groups in total. The van der Waals surface area contributed by atoms with Crippen LogP contribution < -0.4 is 0 Å². The molecule has 0 saturated carbocycles. The number of imidazole rings is 1. The van der Waals surface area contributed by atoms with E-state index in [1.807, 2.05) is 47.4 Å². The number of carbonyl (C=O) groups excluding carboxylic acids is 3. The van der Waals surface area contributed by atoms with Gasteiger partial charge in [-0.05, 0) is 54.5 Å². The second-order valence-electron chi connectivity index (χ2n) is 9.80. The molecule has 2 aliphatic rings. The average Bonchev–Trinajstić information content (AvgIpc) is 3.66. The van der Waals surface area contributed by atoms with Crippen molar-refractivity contribution < 1.29 is 14.4 Å². The molecule has 3 heterocycles. The predicted molar refractivity (Wildman–Crippen MR) is 153 cm³/mol. The number of aromatic amines is 1. The number of thioether (sulfide) groups is 2. The number of carbonyl (C=O) groups is 3. The molecule has 200 valence electrons. The SMILES string of the molecule is CSCCC1SCCN1C(=O)CN1C(=O)N(CCCc2cnc[nH]2)C(=O)C1(C)c1cccc2ccccc12. The average molecular weight is 552 g/mol. The van der Waals surface area contributed by atoms with Crippen LogP contribution in [-0.2, 0) is 21.5 Å². The van der Waals surface area contributed by atoms with Gasteiger partial charge in [-0.2, -0.15) is 11.8 Å². The van der Waals surface area contributed by atoms with E-state index in [-0.39, 0.29) is 30.3 Å². The lowest BCUT2D eigenvalue weighted by Gasteiger charge is -2.34. The number of urea groups is 1. The summed E-state index contributed by atoms with van der Waals surface area (Å²) in [6, 6.07) is 13.3. The van der Waals surface area contributed by atoms with Crippen LogP contribution in [0.4, 0.5) is 4.79 Å². The van der Waals surface area contributed by atoms with Gasteiger partial charge in [0.05, 0.1) is 11.7 Å². The molecule has 0 aliphatic carbocycles. The summed E-state index contributed by atoms with van der Waals surface area (Å²) >= 11 is 3.56. The van der Waals surface area contributed by atoms with Gasteiger partial charge in [0.2, 0.25) is 5.91 Å². The molecule has 10 heteroatoms. The van der Waals surface area contributed by atoms with E-state index in [0.29, 0.717) is 19.4 Å². The molecular formula is C28H33N5O3S2. The summed E-state index contributed by atoms with van der Waals surface area (Å²) in [4.78, 5) is 53.5. The fourth-order valence-electron chi connectivity index (χ4n) is 5.47. The Hall–Kier alpha value is -2.98. The van der Waals surface area contributed by atoms with E-state index in [1.165, 1.54) is 9.80 Å². The van der Waals surface area contributed by atoms with Crippen LogP contribution in [0.5, 0.6) is 0 Å². The zero-order valence-electron chi connectivity index (χ0n) is 21.8. The van der Waals surface area contributed by atoms with Crippen molar-refractivity contribution in [1.29, 1.82) is 0 Å². The van der Waals surface area contributed by atoms with Crippen molar-refractivity contribution in [2.24, 2.45) is 0 Å². The molecule has 4 amide bonds. The Kier molecular flexibility index (Phi) is 7.99. The predicted octanol–water partition coefficient (Wildman–Crippen LogP) is 4.33. The molecule has 2 aromatic carbocycles. The van der Waals surface area contributed by atoms with E-state index < -0.39 is 11.6 Å². The Bertz CT molecular complexity index is 1310. The normalized spacial score (nSPS) is 21.7. The first kappa shape index (κ1) is 26.6. The number of benzene rings is 2. The van der Waals surface area contributed by atoms with Crippen LogP contribution in [0.3, 0.4) is 0 Å². The number of hydrogen-bond donors (Lipinski definition) is 1. The third-order valence-corrected chi connectivity index (χ3v) is 9.47. The van der Waals surface area contributed by atoms with E-state index in [0.717, 1.165) is 40.0 Å². The number of nitrogens with one attached hydrogen (secondary N) is 1. The van der Waals surface area contributed by atoms with Crippen LogP contribution in [0, 0.1) is 0 Å². The largest absolute Gasteiger partial charge is 0.348 e. The van der Waals surface area contributed by atoms with Crippen molar-refractivity contribution in [3.05, 3.63) is 66.2 Å². The van der Waals surface area contributed by atoms with Gasteiger partial charge in [-0.3, -0.25) is 19.4 Å². The number of imide groups is 1. The molecule has 2 aliphatic heterocycles. The molecule has 8 nitrogen and oxygen atoms in total. The fraction of sp³-hybridized carbons (Fsp3) is 0.429. The van der Waals surface area contributed by atoms with Gasteiger partial charge in [0, 0.05) is 30.7 Å². The second kappa shape index (κ2) is 11.4. The number of hydrogen-bond acceptors (Lipinski definition) is 6. The zero-order chi connectivity index (χ0) is 26.7. The fourth-order valence-corrected chi connectivity index (χ4v) is 7.34. The van der Waals surface area contributed by atoms with E-state index in [9.17, 15) is 14.4 Å². The van der Waals surface area contributed by atoms with E-state index in [2.05, 4.69) is 16.2 Å². The molecule has 2 saturated heterocycles. The third kappa shape index (κ3) is 4.91. The molecule has 2 fully saturated rings. The number of aromatic nitrogens is 2. The van der Waals surface area contributed by atoms with Gasteiger partial charge in [-0.25, -0.2) is 9.78 Å². The maximum Gasteiger partial charge on any atom is 0.328 e. The molecule has 0 spiro atoms. The van der Waals surface area contributed by atoms with Crippen molar-refractivity contribution in [3.8, 4) is 0 Å². The molecule has 0 bridgehead atoms. The first-order valence-electron chi connectivity index (χ1n) is 12.9. The number of rotatable bonds is 10. The summed E-state index contributed by atoms with van der Waals surface area (Å²) in [7, 11) is 0. The number of nitrogens with zero attached hydrogens (tertiary/aromatic N) is 4. The van der Waals surface area contributed by atoms with Crippen LogP contribution in [0.2, 0.25) is 0 Å². The van der Waals surface area contributed by atoms with Gasteiger partial charge in [0.25, 0.3) is 5.91 Å². The van der Waals surface area contributed by atoms with E-state index in [4.69, 9.17) is 0 Å². The minimum absolute atomic E-state index is 0.104. The quantitative estimate of drug-likeness (QED) is 0.378. The minimum atomic E-state index is -1.29. The lowest BCUT2D eigenvalue weighted by Crippen LogP contribution is -2.50. The number of amides is 4. The molecular weight excluding hydrogens is 518 g/mol. The maximum absolute atomic E-state index is 14.1. The Labute approximate surface area is 231 Å². The molecule has 3 aromatic rings. The maximum atomic E-state index is 14.1. The van der Waals surface area contributed by atoms with Gasteiger partial charge < -0.3 is 9.88 Å². The molecule has 0 radical (unpaired) electrons. The van der Waals surface area contributed by atoms with Gasteiger partial charge in [0.15, 0.2) is 0 Å². The summed E-state index contributed by atoms with van der Waals surface area (Å²) in [5.74, 6) is 1.47. The van der Waals surface area contributed by atoms with Crippen LogP contribution >= 0.6 is 23.5 Å². The van der Waals surface area contributed by atoms with Crippen LogP contribution in [0.1, 0.15) is 31.0 Å². The van der Waals surface area contributed by atoms with Gasteiger partial charge in [-0.1, -0.05) is 42.5 Å². The lowest BCUT2D eigenvalue weighted by atomic mass is 9.86. The Morgan fingerprint density at radius 1 is 1.21 bits per heavy atom. The van der Waals surface area contributed by atoms with Crippen LogP contribution in [-0.4, -0.2) is 85.3 Å². The van der Waals surface area contributed by atoms with Crippen molar-refractivity contribution >= 4 is 52.1 Å². The number of fused-ring (bicyclic) bond motifs is 1. The summed E-state index contributed by atoms with van der Waals surface area (Å²) < 4.78 is 0. The van der Waals surface area contributed by atoms with Crippen molar-refractivity contribution in [2.75, 3.05) is 37.4 Å². The van der Waals surface area contributed by atoms with Crippen molar-refractivity contribution in [2.45, 2.75) is 37.1 Å². The van der Waals surface area contributed by atoms with Crippen molar-refractivity contribution in [3.63, 3.8) is 0 Å². The monoisotopic (exact) mass is 551 g/mol. The molecule has 2 atom stereocenters. The van der Waals surface area contributed by atoms with Gasteiger partial charge in [0.1, 0.15) is 12.1 Å². The first-order valence-corrected chi connectivity index (χ1v) is 15.4. The first-order chi connectivity index (χ1) is 18.4. The standard InChI is InChI=1S/C28H33N5O3S2/c1-28(23-11-5-8-20-7-3-4-10-22(20)23)26(35)32(13-6-9-21-17-29-19-30-21)27(36)33(28)18-24(34)31-14-16-38-25(31)12-15-37-2/h3-5,7-8,10-11,17,19,25H,6,9,12-16,18H2,1-2H3,(H,29,30). The molecule has 38 heavy (non-hydrogen) atoms. The third-order valence-electron chi connectivity index (χ3n) is 7.53. The number of H-pyrrole nitrogens is 1. The Morgan fingerprint density at radius 3 is 2.82 bits per heavy atom.